The molecule has 1 saturated heterocycles. The van der Waals surface area contributed by atoms with Crippen molar-refractivity contribution < 1.29 is 22.3 Å². The zero-order valence-corrected chi connectivity index (χ0v) is 19.8. The van der Waals surface area contributed by atoms with Crippen LogP contribution in [-0.2, 0) is 10.9 Å². The van der Waals surface area contributed by atoms with Crippen LogP contribution in [0.5, 0.6) is 0 Å². The van der Waals surface area contributed by atoms with E-state index in [0.717, 1.165) is 57.6 Å². The maximum atomic E-state index is 14.1. The summed E-state index contributed by atoms with van der Waals surface area (Å²) < 4.78 is 58.0. The number of ether oxygens (including phenoxy) is 1. The molecule has 0 amide bonds. The Labute approximate surface area is 211 Å². The summed E-state index contributed by atoms with van der Waals surface area (Å²) in [6.07, 6.45) is 0.346. The average molecular weight is 519 g/mol. The van der Waals surface area contributed by atoms with Gasteiger partial charge < -0.3 is 15.4 Å². The van der Waals surface area contributed by atoms with Gasteiger partial charge in [0.1, 0.15) is 0 Å². The first kappa shape index (κ1) is 26.2. The monoisotopic (exact) mass is 518 g/mol. The molecule has 0 bridgehead atoms. The van der Waals surface area contributed by atoms with Crippen molar-refractivity contribution >= 4 is 29.4 Å². The molecule has 0 unspecified atom stereocenters. The predicted octanol–water partition coefficient (Wildman–Crippen LogP) is 4.35. The highest BCUT2D eigenvalue weighted by atomic mass is 19.4. The maximum Gasteiger partial charge on any atom is 0.416 e. The van der Waals surface area contributed by atoms with Gasteiger partial charge in [-0.2, -0.15) is 23.3 Å². The first-order valence-corrected chi connectivity index (χ1v) is 11.6. The summed E-state index contributed by atoms with van der Waals surface area (Å²) in [5.74, 6) is -0.375. The van der Waals surface area contributed by atoms with Gasteiger partial charge in [-0.1, -0.05) is 6.07 Å². The molecule has 1 aliphatic rings. The standard InChI is InChI=1S/C24H26F4N8O/c25-21-16-31-23(34-22(21)29-7-2-8-36-9-11-37-12-10-36)35-32-15-19-5-6-20(14-30-19)33-18-4-1-3-17(13-18)24(26,27)28/h1,3-6,13-16,33H,2,7-12H2,(H2,29,31,34,35)/b32-15+. The smallest absolute Gasteiger partial charge is 0.379 e. The van der Waals surface area contributed by atoms with E-state index in [-0.39, 0.29) is 11.8 Å². The number of benzene rings is 1. The Kier molecular flexibility index (Phi) is 8.80. The minimum Gasteiger partial charge on any atom is -0.379 e. The third-order valence-electron chi connectivity index (χ3n) is 5.42. The van der Waals surface area contributed by atoms with Crippen LogP contribution in [0.3, 0.4) is 0 Å². The molecule has 2 aromatic heterocycles. The van der Waals surface area contributed by atoms with Crippen molar-refractivity contribution in [3.05, 3.63) is 65.9 Å². The fourth-order valence-electron chi connectivity index (χ4n) is 3.53. The lowest BCUT2D eigenvalue weighted by atomic mass is 10.2. The molecular formula is C24H26F4N8O. The van der Waals surface area contributed by atoms with Crippen LogP contribution in [0.4, 0.5) is 40.7 Å². The number of rotatable bonds is 10. The molecule has 37 heavy (non-hydrogen) atoms. The second-order valence-electron chi connectivity index (χ2n) is 8.17. The lowest BCUT2D eigenvalue weighted by molar-refractivity contribution is -0.137. The van der Waals surface area contributed by atoms with Crippen LogP contribution in [0.1, 0.15) is 17.7 Å². The molecule has 1 aromatic carbocycles. The number of halogens is 4. The number of nitrogens with zero attached hydrogens (tertiary/aromatic N) is 5. The number of pyridine rings is 1. The molecule has 0 atom stereocenters. The molecule has 3 N–H and O–H groups in total. The van der Waals surface area contributed by atoms with E-state index in [1.165, 1.54) is 24.5 Å². The van der Waals surface area contributed by atoms with E-state index in [0.29, 0.717) is 23.6 Å². The van der Waals surface area contributed by atoms with Crippen molar-refractivity contribution in [1.29, 1.82) is 0 Å². The molecule has 4 rings (SSSR count). The van der Waals surface area contributed by atoms with E-state index < -0.39 is 17.6 Å². The highest BCUT2D eigenvalue weighted by Crippen LogP contribution is 2.31. The van der Waals surface area contributed by atoms with Crippen molar-refractivity contribution in [2.45, 2.75) is 12.6 Å². The summed E-state index contributed by atoms with van der Waals surface area (Å²) in [5, 5.41) is 9.88. The van der Waals surface area contributed by atoms with E-state index in [9.17, 15) is 17.6 Å². The van der Waals surface area contributed by atoms with Gasteiger partial charge in [-0.15, -0.1) is 0 Å². The Morgan fingerprint density at radius 1 is 1.05 bits per heavy atom. The van der Waals surface area contributed by atoms with Crippen LogP contribution in [0.2, 0.25) is 0 Å². The third-order valence-corrected chi connectivity index (χ3v) is 5.42. The van der Waals surface area contributed by atoms with Crippen LogP contribution in [-0.4, -0.2) is 65.5 Å². The number of anilines is 4. The highest BCUT2D eigenvalue weighted by molar-refractivity contribution is 5.78. The van der Waals surface area contributed by atoms with Crippen molar-refractivity contribution in [1.82, 2.24) is 19.9 Å². The van der Waals surface area contributed by atoms with E-state index in [1.54, 1.807) is 12.1 Å². The molecule has 3 aromatic rings. The topological polar surface area (TPSA) is 99.6 Å². The summed E-state index contributed by atoms with van der Waals surface area (Å²) in [6, 6.07) is 8.18. The molecular weight excluding hydrogens is 492 g/mol. The summed E-state index contributed by atoms with van der Waals surface area (Å²) in [6.45, 7) is 4.72. The van der Waals surface area contributed by atoms with Gasteiger partial charge >= 0.3 is 6.18 Å². The van der Waals surface area contributed by atoms with E-state index >= 15 is 0 Å². The quantitative estimate of drug-likeness (QED) is 0.158. The molecule has 1 aliphatic heterocycles. The molecule has 0 spiro atoms. The first-order valence-electron chi connectivity index (χ1n) is 11.6. The fraction of sp³-hybridized carbons (Fsp3) is 0.333. The van der Waals surface area contributed by atoms with E-state index in [4.69, 9.17) is 4.74 Å². The van der Waals surface area contributed by atoms with Gasteiger partial charge in [0.2, 0.25) is 5.95 Å². The number of hydrazone groups is 1. The minimum absolute atomic E-state index is 0.0813. The maximum absolute atomic E-state index is 14.1. The Morgan fingerprint density at radius 2 is 1.89 bits per heavy atom. The van der Waals surface area contributed by atoms with Crippen LogP contribution in [0, 0.1) is 5.82 Å². The second-order valence-corrected chi connectivity index (χ2v) is 8.17. The number of aromatic nitrogens is 3. The van der Waals surface area contributed by atoms with Gasteiger partial charge in [0.05, 0.1) is 48.8 Å². The SMILES string of the molecule is Fc1cnc(N/N=C/c2ccc(Nc3cccc(C(F)(F)F)c3)cn2)nc1NCCCN1CCOCC1. The molecule has 13 heteroatoms. The van der Waals surface area contributed by atoms with Crippen LogP contribution < -0.4 is 16.1 Å². The van der Waals surface area contributed by atoms with Crippen molar-refractivity contribution in [2.24, 2.45) is 5.10 Å². The molecule has 1 fully saturated rings. The average Bonchev–Trinajstić information content (AvgIpc) is 2.89. The second kappa shape index (κ2) is 12.4. The molecule has 9 nitrogen and oxygen atoms in total. The summed E-state index contributed by atoms with van der Waals surface area (Å²) in [4.78, 5) is 14.5. The van der Waals surface area contributed by atoms with Gasteiger partial charge in [-0.3, -0.25) is 9.88 Å². The summed E-state index contributed by atoms with van der Waals surface area (Å²) >= 11 is 0. The Hall–Kier alpha value is -3.84. The Bertz CT molecular complexity index is 1180. The number of nitrogens with one attached hydrogen (secondary N) is 3. The summed E-state index contributed by atoms with van der Waals surface area (Å²) in [7, 11) is 0. The minimum atomic E-state index is -4.42. The van der Waals surface area contributed by atoms with Crippen molar-refractivity contribution in [3.63, 3.8) is 0 Å². The van der Waals surface area contributed by atoms with Gasteiger partial charge in [-0.05, 0) is 43.3 Å². The lowest BCUT2D eigenvalue weighted by Crippen LogP contribution is -2.37. The summed E-state index contributed by atoms with van der Waals surface area (Å²) in [5.41, 5.74) is 3.17. The third kappa shape index (κ3) is 8.08. The molecule has 0 aliphatic carbocycles. The molecule has 3 heterocycles. The van der Waals surface area contributed by atoms with Gasteiger partial charge in [0.25, 0.3) is 0 Å². The van der Waals surface area contributed by atoms with Crippen molar-refractivity contribution in [3.8, 4) is 0 Å². The molecule has 0 saturated carbocycles. The van der Waals surface area contributed by atoms with E-state index in [2.05, 4.69) is 41.0 Å². The largest absolute Gasteiger partial charge is 0.416 e. The highest BCUT2D eigenvalue weighted by Gasteiger charge is 2.30. The Balaban J connectivity index is 1.26. The van der Waals surface area contributed by atoms with Gasteiger partial charge in [0, 0.05) is 25.3 Å². The Morgan fingerprint density at radius 3 is 2.65 bits per heavy atom. The lowest BCUT2D eigenvalue weighted by Gasteiger charge is -2.26. The zero-order valence-electron chi connectivity index (χ0n) is 19.8. The number of alkyl halides is 3. The van der Waals surface area contributed by atoms with Crippen molar-refractivity contribution in [2.75, 3.05) is 55.5 Å². The number of morpholine rings is 1. The van der Waals surface area contributed by atoms with Gasteiger partial charge in [0.15, 0.2) is 11.6 Å². The van der Waals surface area contributed by atoms with Crippen LogP contribution in [0.15, 0.2) is 53.9 Å². The molecule has 196 valence electrons. The fourth-order valence-corrected chi connectivity index (χ4v) is 3.53. The molecule has 0 radical (unpaired) electrons. The number of hydrogen-bond donors (Lipinski definition) is 3. The predicted molar refractivity (Wildman–Crippen MR) is 133 cm³/mol. The van der Waals surface area contributed by atoms with Crippen LogP contribution in [0.25, 0.3) is 0 Å². The van der Waals surface area contributed by atoms with E-state index in [1.807, 2.05) is 0 Å². The number of hydrogen-bond acceptors (Lipinski definition) is 9. The normalized spacial score (nSPS) is 14.6. The van der Waals surface area contributed by atoms with Gasteiger partial charge in [-0.25, -0.2) is 14.8 Å². The first-order chi connectivity index (χ1) is 17.9. The zero-order chi connectivity index (χ0) is 26.1. The van der Waals surface area contributed by atoms with Crippen LogP contribution >= 0.6 is 0 Å².